The quantitative estimate of drug-likeness (QED) is 0.195. The number of alkyl halides is 1. The lowest BCUT2D eigenvalue weighted by molar-refractivity contribution is -0.0183. The molecule has 4 rings (SSSR count). The van der Waals surface area contributed by atoms with Gasteiger partial charge >= 0.3 is 0 Å². The maximum Gasteiger partial charge on any atom is 0.143 e. The van der Waals surface area contributed by atoms with E-state index in [0.29, 0.717) is 6.42 Å². The highest BCUT2D eigenvalue weighted by Gasteiger charge is 2.41. The van der Waals surface area contributed by atoms with E-state index < -0.39 is 11.8 Å². The smallest absolute Gasteiger partial charge is 0.143 e. The minimum atomic E-state index is -1.04. The predicted molar refractivity (Wildman–Crippen MR) is 116 cm³/mol. The Morgan fingerprint density at radius 2 is 1.30 bits per heavy atom. The van der Waals surface area contributed by atoms with Crippen molar-refractivity contribution in [3.05, 3.63) is 118 Å². The monoisotopic (exact) mass is 401 g/mol. The van der Waals surface area contributed by atoms with Crippen LogP contribution in [0.5, 0.6) is 0 Å². The summed E-state index contributed by atoms with van der Waals surface area (Å²) in [6.07, 6.45) is -0.284. The van der Waals surface area contributed by atoms with E-state index in [4.69, 9.17) is 10.3 Å². The van der Waals surface area contributed by atoms with Gasteiger partial charge in [-0.1, -0.05) is 96.1 Å². The molecule has 3 atom stereocenters. The van der Waals surface area contributed by atoms with Crippen molar-refractivity contribution in [2.75, 3.05) is 6.61 Å². The van der Waals surface area contributed by atoms with E-state index in [1.54, 1.807) is 0 Å². The maximum absolute atomic E-state index is 14.7. The van der Waals surface area contributed by atoms with Crippen molar-refractivity contribution in [3.8, 4) is 0 Å². The van der Waals surface area contributed by atoms with Gasteiger partial charge in [0, 0.05) is 16.9 Å². The Bertz CT molecular complexity index is 894. The molecular weight excluding hydrogens is 377 g/mol. The Kier molecular flexibility index (Phi) is 6.12. The van der Waals surface area contributed by atoms with E-state index in [9.17, 15) is 4.39 Å². The molecule has 0 aliphatic heterocycles. The number of rotatable bonds is 7. The second kappa shape index (κ2) is 9.12. The molecule has 0 aromatic heterocycles. The third-order valence-corrected chi connectivity index (χ3v) is 5.85. The lowest BCUT2D eigenvalue weighted by atomic mass is 9.80. The van der Waals surface area contributed by atoms with E-state index in [-0.39, 0.29) is 25.0 Å². The molecule has 1 aliphatic rings. The second-order valence-corrected chi connectivity index (χ2v) is 7.70. The van der Waals surface area contributed by atoms with E-state index in [2.05, 4.69) is 10.0 Å². The SMILES string of the molecule is [N-]=[N+]=N[C@@H]1C[C@H](COC(c2ccccc2)(c2ccccc2)c2ccccc2)[C@@H](F)C1. The largest absolute Gasteiger partial charge is 0.360 e. The summed E-state index contributed by atoms with van der Waals surface area (Å²) in [5.41, 5.74) is 10.8. The molecule has 1 fully saturated rings. The molecule has 30 heavy (non-hydrogen) atoms. The molecule has 5 heteroatoms. The zero-order valence-corrected chi connectivity index (χ0v) is 16.6. The molecular formula is C25H24FN3O. The van der Waals surface area contributed by atoms with Gasteiger partial charge in [-0.2, -0.15) is 0 Å². The van der Waals surface area contributed by atoms with E-state index in [1.165, 1.54) is 0 Å². The summed E-state index contributed by atoms with van der Waals surface area (Å²) >= 11 is 0. The highest BCUT2D eigenvalue weighted by Crippen LogP contribution is 2.42. The van der Waals surface area contributed by atoms with Gasteiger partial charge in [-0.05, 0) is 35.1 Å². The fourth-order valence-corrected chi connectivity index (χ4v) is 4.39. The third kappa shape index (κ3) is 3.95. The number of halogens is 1. The zero-order chi connectivity index (χ0) is 20.8. The molecule has 152 valence electrons. The lowest BCUT2D eigenvalue weighted by Gasteiger charge is -2.37. The standard InChI is InChI=1S/C25H24FN3O/c26-24-17-23(28-29-27)16-19(24)18-30-25(20-10-4-1-5-11-20,21-12-6-2-7-13-21)22-14-8-3-9-15-22/h1-15,19,23-24H,16-18H2/t19-,23-,24+/m1/s1. The first-order valence-corrected chi connectivity index (χ1v) is 10.2. The molecule has 0 saturated heterocycles. The minimum absolute atomic E-state index is 0.233. The molecule has 3 aromatic rings. The average Bonchev–Trinajstić information content (AvgIpc) is 3.16. The summed E-state index contributed by atoms with van der Waals surface area (Å²) in [5.74, 6) is -0.309. The average molecular weight is 401 g/mol. The summed E-state index contributed by atoms with van der Waals surface area (Å²) < 4.78 is 21.4. The fourth-order valence-electron chi connectivity index (χ4n) is 4.39. The Hall–Kier alpha value is -3.14. The van der Waals surface area contributed by atoms with Gasteiger partial charge in [0.05, 0.1) is 6.61 Å². The normalized spacial score (nSPS) is 21.2. The summed E-state index contributed by atoms with van der Waals surface area (Å²) in [6, 6.07) is 29.8. The second-order valence-electron chi connectivity index (χ2n) is 7.70. The predicted octanol–water partition coefficient (Wildman–Crippen LogP) is 6.42. The van der Waals surface area contributed by atoms with Crippen molar-refractivity contribution in [2.24, 2.45) is 11.0 Å². The Morgan fingerprint density at radius 1 is 0.833 bits per heavy atom. The van der Waals surface area contributed by atoms with Crippen molar-refractivity contribution in [1.82, 2.24) is 0 Å². The number of azide groups is 1. The lowest BCUT2D eigenvalue weighted by Crippen LogP contribution is -2.35. The fraction of sp³-hybridized carbons (Fsp3) is 0.280. The molecule has 0 spiro atoms. The van der Waals surface area contributed by atoms with Gasteiger partial charge < -0.3 is 4.74 Å². The number of benzene rings is 3. The van der Waals surface area contributed by atoms with Gasteiger partial charge in [0.2, 0.25) is 0 Å². The molecule has 0 heterocycles. The molecule has 0 bridgehead atoms. The van der Waals surface area contributed by atoms with Crippen LogP contribution in [0, 0.1) is 5.92 Å². The molecule has 1 saturated carbocycles. The first kappa shape index (κ1) is 20.1. The summed E-state index contributed by atoms with van der Waals surface area (Å²) in [5, 5.41) is 3.73. The summed E-state index contributed by atoms with van der Waals surface area (Å²) in [7, 11) is 0. The number of nitrogens with zero attached hydrogens (tertiary/aromatic N) is 3. The van der Waals surface area contributed by atoms with Gasteiger partial charge in [-0.25, -0.2) is 4.39 Å². The first-order chi connectivity index (χ1) is 14.7. The van der Waals surface area contributed by atoms with Crippen LogP contribution in [0.2, 0.25) is 0 Å². The van der Waals surface area contributed by atoms with Crippen LogP contribution in [0.3, 0.4) is 0 Å². The van der Waals surface area contributed by atoms with E-state index >= 15 is 0 Å². The highest BCUT2D eigenvalue weighted by atomic mass is 19.1. The van der Waals surface area contributed by atoms with E-state index in [0.717, 1.165) is 16.7 Å². The van der Waals surface area contributed by atoms with Gasteiger partial charge in [-0.3, -0.25) is 0 Å². The van der Waals surface area contributed by atoms with Gasteiger partial charge in [0.1, 0.15) is 11.8 Å². The number of hydrogen-bond donors (Lipinski definition) is 0. The van der Waals surface area contributed by atoms with Crippen LogP contribution in [0.15, 0.2) is 96.1 Å². The van der Waals surface area contributed by atoms with E-state index in [1.807, 2.05) is 91.0 Å². The van der Waals surface area contributed by atoms with Crippen LogP contribution < -0.4 is 0 Å². The minimum Gasteiger partial charge on any atom is -0.360 e. The van der Waals surface area contributed by atoms with Gasteiger partial charge in [0.15, 0.2) is 0 Å². The van der Waals surface area contributed by atoms with Crippen LogP contribution in [-0.4, -0.2) is 18.8 Å². The Labute approximate surface area is 176 Å². The first-order valence-electron chi connectivity index (χ1n) is 10.2. The summed E-state index contributed by atoms with van der Waals surface area (Å²) in [4.78, 5) is 2.86. The topological polar surface area (TPSA) is 58.0 Å². The van der Waals surface area contributed by atoms with Crippen molar-refractivity contribution < 1.29 is 9.13 Å². The summed E-state index contributed by atoms with van der Waals surface area (Å²) in [6.45, 7) is 0.233. The van der Waals surface area contributed by atoms with Crippen molar-refractivity contribution in [1.29, 1.82) is 0 Å². The van der Waals surface area contributed by atoms with Crippen LogP contribution >= 0.6 is 0 Å². The van der Waals surface area contributed by atoms with Crippen LogP contribution in [0.4, 0.5) is 4.39 Å². The highest BCUT2D eigenvalue weighted by molar-refractivity contribution is 5.47. The van der Waals surface area contributed by atoms with Gasteiger partial charge in [0.25, 0.3) is 0 Å². The molecule has 0 N–H and O–H groups in total. The Morgan fingerprint density at radius 3 is 1.73 bits per heavy atom. The van der Waals surface area contributed by atoms with Crippen LogP contribution in [-0.2, 0) is 10.3 Å². The number of hydrogen-bond acceptors (Lipinski definition) is 2. The van der Waals surface area contributed by atoms with Gasteiger partial charge in [-0.15, -0.1) is 0 Å². The Balaban J connectivity index is 1.76. The molecule has 0 unspecified atom stereocenters. The van der Waals surface area contributed by atoms with Crippen molar-refractivity contribution in [3.63, 3.8) is 0 Å². The molecule has 4 nitrogen and oxygen atoms in total. The number of ether oxygens (including phenoxy) is 1. The van der Waals surface area contributed by atoms with Crippen molar-refractivity contribution in [2.45, 2.75) is 30.7 Å². The van der Waals surface area contributed by atoms with Crippen LogP contribution in [0.25, 0.3) is 10.4 Å². The molecule has 3 aromatic carbocycles. The van der Waals surface area contributed by atoms with Crippen LogP contribution in [0.1, 0.15) is 29.5 Å². The zero-order valence-electron chi connectivity index (χ0n) is 16.6. The molecule has 0 amide bonds. The maximum atomic E-state index is 14.7. The van der Waals surface area contributed by atoms with Crippen molar-refractivity contribution >= 4 is 0 Å². The molecule has 1 aliphatic carbocycles. The third-order valence-electron chi connectivity index (χ3n) is 5.85. The molecule has 0 radical (unpaired) electrons.